The molecule has 0 atom stereocenters. The van der Waals surface area contributed by atoms with Gasteiger partial charge in [-0.05, 0) is 30.7 Å². The van der Waals surface area contributed by atoms with Gasteiger partial charge < -0.3 is 0 Å². The van der Waals surface area contributed by atoms with Gasteiger partial charge in [-0.25, -0.2) is 4.90 Å². The van der Waals surface area contributed by atoms with Gasteiger partial charge in [0.25, 0.3) is 11.8 Å². The van der Waals surface area contributed by atoms with Crippen LogP contribution in [0, 0.1) is 6.92 Å². The van der Waals surface area contributed by atoms with Crippen molar-refractivity contribution >= 4 is 33.4 Å². The van der Waals surface area contributed by atoms with Crippen LogP contribution in [0.4, 0.5) is 5.69 Å². The third-order valence-electron chi connectivity index (χ3n) is 2.21. The summed E-state index contributed by atoms with van der Waals surface area (Å²) in [5, 5.41) is 0. The van der Waals surface area contributed by atoms with Crippen molar-refractivity contribution in [2.45, 2.75) is 6.92 Å². The number of anilines is 1. The number of hydrogen-bond acceptors (Lipinski definition) is 2. The lowest BCUT2D eigenvalue weighted by Crippen LogP contribution is -2.30. The lowest BCUT2D eigenvalue weighted by Gasteiger charge is -2.16. The summed E-state index contributed by atoms with van der Waals surface area (Å²) in [7, 11) is 0. The number of aryl methyl sites for hydroxylation is 1. The molecule has 76 valence electrons. The molecule has 4 heteroatoms. The van der Waals surface area contributed by atoms with E-state index >= 15 is 0 Å². The second-order valence-electron chi connectivity index (χ2n) is 3.28. The Labute approximate surface area is 95.5 Å². The van der Waals surface area contributed by atoms with Crippen LogP contribution in [0.15, 0.2) is 34.8 Å². The van der Waals surface area contributed by atoms with Crippen molar-refractivity contribution in [3.05, 3.63) is 40.4 Å². The fourth-order valence-corrected chi connectivity index (χ4v) is 1.98. The lowest BCUT2D eigenvalue weighted by molar-refractivity contribution is -0.119. The average molecular weight is 266 g/mol. The quantitative estimate of drug-likeness (QED) is 0.730. The maximum Gasteiger partial charge on any atom is 0.258 e. The Bertz CT molecular complexity index is 461. The van der Waals surface area contributed by atoms with Crippen LogP contribution in [0.3, 0.4) is 0 Å². The Hall–Kier alpha value is -1.42. The van der Waals surface area contributed by atoms with Crippen LogP contribution < -0.4 is 4.90 Å². The molecule has 0 aromatic heterocycles. The van der Waals surface area contributed by atoms with E-state index in [9.17, 15) is 9.59 Å². The van der Waals surface area contributed by atoms with Crippen molar-refractivity contribution in [1.29, 1.82) is 0 Å². The van der Waals surface area contributed by atoms with Crippen LogP contribution in [0.5, 0.6) is 0 Å². The molecule has 1 aliphatic rings. The first-order valence-corrected chi connectivity index (χ1v) is 5.21. The van der Waals surface area contributed by atoms with Crippen molar-refractivity contribution in [1.82, 2.24) is 0 Å². The van der Waals surface area contributed by atoms with E-state index in [0.29, 0.717) is 5.69 Å². The van der Waals surface area contributed by atoms with Gasteiger partial charge in [-0.2, -0.15) is 0 Å². The molecule has 1 heterocycles. The second-order valence-corrected chi connectivity index (χ2v) is 4.19. The van der Waals surface area contributed by atoms with E-state index in [4.69, 9.17) is 0 Å². The molecule has 2 rings (SSSR count). The van der Waals surface area contributed by atoms with Crippen LogP contribution in [0.25, 0.3) is 0 Å². The van der Waals surface area contributed by atoms with Gasteiger partial charge in [0.15, 0.2) is 0 Å². The molecule has 0 unspecified atom stereocenters. The van der Waals surface area contributed by atoms with Crippen molar-refractivity contribution in [3.8, 4) is 0 Å². The molecule has 15 heavy (non-hydrogen) atoms. The first-order chi connectivity index (χ1) is 7.09. The van der Waals surface area contributed by atoms with Gasteiger partial charge in [0, 0.05) is 16.6 Å². The first-order valence-electron chi connectivity index (χ1n) is 4.42. The van der Waals surface area contributed by atoms with E-state index in [1.165, 1.54) is 17.1 Å². The smallest absolute Gasteiger partial charge is 0.258 e. The maximum absolute atomic E-state index is 11.4. The molecule has 0 bridgehead atoms. The van der Waals surface area contributed by atoms with Gasteiger partial charge in [0.05, 0.1) is 5.69 Å². The number of carbonyl (C=O) groups excluding carboxylic acids is 2. The van der Waals surface area contributed by atoms with E-state index in [1.54, 1.807) is 12.1 Å². The Kier molecular flexibility index (Phi) is 2.44. The number of imide groups is 1. The zero-order chi connectivity index (χ0) is 11.0. The highest BCUT2D eigenvalue weighted by Crippen LogP contribution is 2.26. The maximum atomic E-state index is 11.4. The van der Waals surface area contributed by atoms with Gasteiger partial charge in [-0.1, -0.05) is 15.9 Å². The fraction of sp³-hybridized carbons (Fsp3) is 0.0909. The highest BCUT2D eigenvalue weighted by Gasteiger charge is 2.26. The van der Waals surface area contributed by atoms with Crippen LogP contribution >= 0.6 is 15.9 Å². The summed E-state index contributed by atoms with van der Waals surface area (Å²) in [6.45, 7) is 1.86. The van der Waals surface area contributed by atoms with Crippen LogP contribution in [-0.4, -0.2) is 11.8 Å². The van der Waals surface area contributed by atoms with Gasteiger partial charge in [-0.3, -0.25) is 9.59 Å². The monoisotopic (exact) mass is 265 g/mol. The zero-order valence-corrected chi connectivity index (χ0v) is 9.61. The normalized spacial score (nSPS) is 15.2. The van der Waals surface area contributed by atoms with Crippen molar-refractivity contribution < 1.29 is 9.59 Å². The van der Waals surface area contributed by atoms with E-state index < -0.39 is 0 Å². The largest absolute Gasteiger partial charge is 0.269 e. The summed E-state index contributed by atoms with van der Waals surface area (Å²) in [4.78, 5) is 24.0. The third kappa shape index (κ3) is 1.72. The van der Waals surface area contributed by atoms with Gasteiger partial charge in [0.2, 0.25) is 0 Å². The number of halogens is 1. The molecule has 1 aliphatic heterocycles. The molecule has 2 amide bonds. The number of nitrogens with zero attached hydrogens (tertiary/aromatic N) is 1. The van der Waals surface area contributed by atoms with Gasteiger partial charge in [0.1, 0.15) is 0 Å². The highest BCUT2D eigenvalue weighted by molar-refractivity contribution is 9.10. The molecule has 1 aromatic rings. The van der Waals surface area contributed by atoms with E-state index in [-0.39, 0.29) is 11.8 Å². The van der Waals surface area contributed by atoms with Crippen LogP contribution in [-0.2, 0) is 9.59 Å². The molecule has 0 saturated heterocycles. The highest BCUT2D eigenvalue weighted by atomic mass is 79.9. The van der Waals surface area contributed by atoms with E-state index in [2.05, 4.69) is 15.9 Å². The molecular formula is C11H8BrNO2. The fourth-order valence-electron chi connectivity index (χ4n) is 1.51. The van der Waals surface area contributed by atoms with Crippen LogP contribution in [0.1, 0.15) is 5.56 Å². The number of rotatable bonds is 1. The minimum Gasteiger partial charge on any atom is -0.269 e. The Balaban J connectivity index is 2.46. The summed E-state index contributed by atoms with van der Waals surface area (Å²) in [5.74, 6) is -0.573. The third-order valence-corrected chi connectivity index (χ3v) is 2.70. The molecule has 3 nitrogen and oxygen atoms in total. The molecular weight excluding hydrogens is 258 g/mol. The predicted molar refractivity (Wildman–Crippen MR) is 60.5 cm³/mol. The number of carbonyl (C=O) groups is 2. The van der Waals surface area contributed by atoms with Gasteiger partial charge in [-0.15, -0.1) is 0 Å². The number of benzene rings is 1. The lowest BCUT2D eigenvalue weighted by atomic mass is 10.2. The summed E-state index contributed by atoms with van der Waals surface area (Å²) >= 11 is 3.33. The summed E-state index contributed by atoms with van der Waals surface area (Å²) < 4.78 is 0.927. The zero-order valence-electron chi connectivity index (χ0n) is 8.03. The first kappa shape index (κ1) is 10.1. The molecule has 0 saturated carbocycles. The SMILES string of the molecule is Cc1cc(Br)ccc1N1C(=O)C=CC1=O. The predicted octanol–water partition coefficient (Wildman–Crippen LogP) is 2.19. The minimum atomic E-state index is -0.287. The molecule has 0 N–H and O–H groups in total. The number of amides is 2. The molecule has 1 aromatic carbocycles. The van der Waals surface area contributed by atoms with Crippen LogP contribution in [0.2, 0.25) is 0 Å². The molecule has 0 aliphatic carbocycles. The average Bonchev–Trinajstić information content (AvgIpc) is 2.48. The second kappa shape index (κ2) is 3.62. The molecule has 0 spiro atoms. The van der Waals surface area contributed by atoms with Crippen molar-refractivity contribution in [3.63, 3.8) is 0 Å². The van der Waals surface area contributed by atoms with Crippen molar-refractivity contribution in [2.75, 3.05) is 4.90 Å². The topological polar surface area (TPSA) is 37.4 Å². The van der Waals surface area contributed by atoms with Gasteiger partial charge >= 0.3 is 0 Å². The Morgan fingerprint density at radius 1 is 1.13 bits per heavy atom. The van der Waals surface area contributed by atoms with Crippen molar-refractivity contribution in [2.24, 2.45) is 0 Å². The minimum absolute atomic E-state index is 0.287. The summed E-state index contributed by atoms with van der Waals surface area (Å²) in [5.41, 5.74) is 1.52. The Morgan fingerprint density at radius 2 is 1.73 bits per heavy atom. The molecule has 0 radical (unpaired) electrons. The Morgan fingerprint density at radius 3 is 2.27 bits per heavy atom. The summed E-state index contributed by atoms with van der Waals surface area (Å²) in [6, 6.07) is 5.43. The number of hydrogen-bond donors (Lipinski definition) is 0. The van der Waals surface area contributed by atoms with E-state index in [0.717, 1.165) is 10.0 Å². The summed E-state index contributed by atoms with van der Waals surface area (Å²) in [6.07, 6.45) is 2.56. The molecule has 0 fully saturated rings. The van der Waals surface area contributed by atoms with E-state index in [1.807, 2.05) is 13.0 Å². The standard InChI is InChI=1S/C11H8BrNO2/c1-7-6-8(12)2-3-9(7)13-10(14)4-5-11(13)15/h2-6H,1H3.